The van der Waals surface area contributed by atoms with Crippen LogP contribution in [0.5, 0.6) is 0 Å². The second kappa shape index (κ2) is 59.1. The minimum atomic E-state index is -1.56. The standard InChI is InChI=1S/C69H135NO8/c1-3-5-7-9-11-13-15-17-19-21-23-25-27-29-30-31-32-33-34-35-36-38-40-42-44-46-48-50-52-54-56-58-63(72)62(61-77-69-68(76)67(75)66(74)64(60-71)78-69)70-65(73)59-57-55-53-51-49-47-45-43-41-39-37-28-26-24-22-20-18-16-14-12-10-8-6-4-2/h56,58,62-64,66-69,71-72,74-76H,3-55,57,59-61H2,1-2H3,(H,70,73)/b58-56+. The van der Waals surface area contributed by atoms with E-state index >= 15 is 0 Å². The Morgan fingerprint density at radius 2 is 0.705 bits per heavy atom. The number of hydrogen-bond acceptors (Lipinski definition) is 8. The molecule has 9 heteroatoms. The van der Waals surface area contributed by atoms with Crippen LogP contribution in [0.1, 0.15) is 367 Å². The van der Waals surface area contributed by atoms with E-state index in [0.29, 0.717) is 6.42 Å². The van der Waals surface area contributed by atoms with Gasteiger partial charge in [-0.2, -0.15) is 0 Å². The van der Waals surface area contributed by atoms with Crippen molar-refractivity contribution in [2.24, 2.45) is 0 Å². The number of amides is 1. The Kier molecular flexibility index (Phi) is 56.8. The molecule has 1 saturated heterocycles. The normalized spacial score (nSPS) is 18.6. The predicted octanol–water partition coefficient (Wildman–Crippen LogP) is 18.7. The van der Waals surface area contributed by atoms with Crippen LogP contribution in [0, 0.1) is 0 Å². The Balaban J connectivity index is 2.12. The van der Waals surface area contributed by atoms with Gasteiger partial charge in [0, 0.05) is 6.42 Å². The van der Waals surface area contributed by atoms with Crippen LogP contribution in [0.2, 0.25) is 0 Å². The van der Waals surface area contributed by atoms with Gasteiger partial charge < -0.3 is 40.3 Å². The summed E-state index contributed by atoms with van der Waals surface area (Å²) in [5.74, 6) is -0.167. The van der Waals surface area contributed by atoms with Crippen LogP contribution in [0.4, 0.5) is 0 Å². The number of aliphatic hydroxyl groups is 5. The molecule has 0 spiro atoms. The number of allylic oxidation sites excluding steroid dienone is 1. The monoisotopic (exact) mass is 1110 g/mol. The van der Waals surface area contributed by atoms with E-state index in [1.54, 1.807) is 6.08 Å². The van der Waals surface area contributed by atoms with E-state index in [-0.39, 0.29) is 12.5 Å². The Bertz CT molecular complexity index is 1240. The quantitative estimate of drug-likeness (QED) is 0.0261. The number of carbonyl (C=O) groups excluding carboxylic acids is 1. The molecular formula is C69H135NO8. The van der Waals surface area contributed by atoms with Crippen molar-refractivity contribution in [2.75, 3.05) is 13.2 Å². The molecule has 0 aromatic rings. The number of ether oxygens (including phenoxy) is 2. The molecule has 9 nitrogen and oxygen atoms in total. The average molecular weight is 1110 g/mol. The van der Waals surface area contributed by atoms with Crippen LogP contribution >= 0.6 is 0 Å². The first-order valence-electron chi connectivity index (χ1n) is 34.9. The number of nitrogens with one attached hydrogen (secondary N) is 1. The molecule has 7 unspecified atom stereocenters. The molecule has 1 heterocycles. The molecule has 6 N–H and O–H groups in total. The maximum atomic E-state index is 13.1. The third-order valence-corrected chi connectivity index (χ3v) is 17.1. The van der Waals surface area contributed by atoms with E-state index in [2.05, 4.69) is 19.2 Å². The first-order valence-corrected chi connectivity index (χ1v) is 34.9. The summed E-state index contributed by atoms with van der Waals surface area (Å²) in [5.41, 5.74) is 0. The fourth-order valence-corrected chi connectivity index (χ4v) is 11.6. The van der Waals surface area contributed by atoms with Gasteiger partial charge >= 0.3 is 0 Å². The van der Waals surface area contributed by atoms with Crippen LogP contribution in [-0.4, -0.2) is 87.5 Å². The SMILES string of the molecule is CCCCCCCCCCCCCCCCCCCCCCCCCCCCCCC/C=C/C(O)C(COC1OC(CO)C(O)C(O)C1O)NC(=O)CCCCCCCCCCCCCCCCCCCCCCCCCC. The molecule has 0 aromatic heterocycles. The summed E-state index contributed by atoms with van der Waals surface area (Å²) in [5, 5.41) is 54.8. The molecule has 7 atom stereocenters. The molecule has 0 bridgehead atoms. The molecule has 0 saturated carbocycles. The molecule has 464 valence electrons. The van der Waals surface area contributed by atoms with Crippen molar-refractivity contribution < 1.29 is 39.8 Å². The summed E-state index contributed by atoms with van der Waals surface area (Å²) >= 11 is 0. The van der Waals surface area contributed by atoms with Crippen LogP contribution in [0.3, 0.4) is 0 Å². The number of carbonyl (C=O) groups is 1. The summed E-state index contributed by atoms with van der Waals surface area (Å²) in [6, 6.07) is -0.802. The first kappa shape index (κ1) is 74.9. The third-order valence-electron chi connectivity index (χ3n) is 17.1. The smallest absolute Gasteiger partial charge is 0.220 e. The lowest BCUT2D eigenvalue weighted by molar-refractivity contribution is -0.302. The molecule has 1 amide bonds. The van der Waals surface area contributed by atoms with Gasteiger partial charge in [0.05, 0.1) is 25.4 Å². The van der Waals surface area contributed by atoms with E-state index < -0.39 is 49.5 Å². The summed E-state index contributed by atoms with van der Waals surface area (Å²) in [7, 11) is 0. The molecule has 1 aliphatic heterocycles. The highest BCUT2D eigenvalue weighted by molar-refractivity contribution is 5.76. The van der Waals surface area contributed by atoms with Gasteiger partial charge in [-0.3, -0.25) is 4.79 Å². The fourth-order valence-electron chi connectivity index (χ4n) is 11.6. The zero-order chi connectivity index (χ0) is 56.5. The second-order valence-corrected chi connectivity index (χ2v) is 24.7. The van der Waals surface area contributed by atoms with Crippen molar-refractivity contribution >= 4 is 5.91 Å². The Hall–Kier alpha value is -1.07. The van der Waals surface area contributed by atoms with Gasteiger partial charge in [0.25, 0.3) is 0 Å². The Morgan fingerprint density at radius 3 is 1.00 bits per heavy atom. The molecular weight excluding hydrogens is 971 g/mol. The van der Waals surface area contributed by atoms with E-state index in [4.69, 9.17) is 9.47 Å². The topological polar surface area (TPSA) is 149 Å². The van der Waals surface area contributed by atoms with Crippen LogP contribution in [0.15, 0.2) is 12.2 Å². The fraction of sp³-hybridized carbons (Fsp3) is 0.957. The molecule has 0 aliphatic carbocycles. The highest BCUT2D eigenvalue weighted by atomic mass is 16.7. The first-order chi connectivity index (χ1) is 38.3. The zero-order valence-electron chi connectivity index (χ0n) is 52.0. The maximum absolute atomic E-state index is 13.1. The van der Waals surface area contributed by atoms with Crippen LogP contribution < -0.4 is 5.32 Å². The van der Waals surface area contributed by atoms with Crippen molar-refractivity contribution in [3.05, 3.63) is 12.2 Å². The lowest BCUT2D eigenvalue weighted by Crippen LogP contribution is -2.60. The van der Waals surface area contributed by atoms with Crippen molar-refractivity contribution in [1.29, 1.82) is 0 Å². The van der Waals surface area contributed by atoms with Gasteiger partial charge in [0.15, 0.2) is 6.29 Å². The molecule has 78 heavy (non-hydrogen) atoms. The summed E-state index contributed by atoms with van der Waals surface area (Å²) in [6.45, 7) is 3.85. The van der Waals surface area contributed by atoms with Gasteiger partial charge in [-0.25, -0.2) is 0 Å². The van der Waals surface area contributed by atoms with Gasteiger partial charge in [0.2, 0.25) is 5.91 Å². The van der Waals surface area contributed by atoms with Gasteiger partial charge in [0.1, 0.15) is 24.4 Å². The molecule has 1 aliphatic rings. The number of unbranched alkanes of at least 4 members (excludes halogenated alkanes) is 52. The van der Waals surface area contributed by atoms with E-state index in [1.165, 1.54) is 308 Å². The van der Waals surface area contributed by atoms with Crippen molar-refractivity contribution in [3.63, 3.8) is 0 Å². The van der Waals surface area contributed by atoms with E-state index in [9.17, 15) is 30.3 Å². The minimum Gasteiger partial charge on any atom is -0.394 e. The predicted molar refractivity (Wildman–Crippen MR) is 332 cm³/mol. The summed E-state index contributed by atoms with van der Waals surface area (Å²) in [4.78, 5) is 13.1. The van der Waals surface area contributed by atoms with Crippen molar-refractivity contribution in [1.82, 2.24) is 5.32 Å². The Morgan fingerprint density at radius 1 is 0.423 bits per heavy atom. The van der Waals surface area contributed by atoms with Crippen molar-refractivity contribution in [2.45, 2.75) is 410 Å². The number of aliphatic hydroxyl groups excluding tert-OH is 5. The van der Waals surface area contributed by atoms with Gasteiger partial charge in [-0.15, -0.1) is 0 Å². The lowest BCUT2D eigenvalue weighted by atomic mass is 9.99. The van der Waals surface area contributed by atoms with Gasteiger partial charge in [-0.05, 0) is 19.3 Å². The average Bonchev–Trinajstić information content (AvgIpc) is 3.45. The minimum absolute atomic E-state index is 0.167. The largest absolute Gasteiger partial charge is 0.394 e. The highest BCUT2D eigenvalue weighted by Crippen LogP contribution is 2.24. The van der Waals surface area contributed by atoms with Crippen molar-refractivity contribution in [3.8, 4) is 0 Å². The van der Waals surface area contributed by atoms with Gasteiger partial charge in [-0.1, -0.05) is 353 Å². The Labute approximate surface area is 484 Å². The van der Waals surface area contributed by atoms with Crippen LogP contribution in [0.25, 0.3) is 0 Å². The highest BCUT2D eigenvalue weighted by Gasteiger charge is 2.44. The second-order valence-electron chi connectivity index (χ2n) is 24.7. The lowest BCUT2D eigenvalue weighted by Gasteiger charge is -2.40. The summed E-state index contributed by atoms with van der Waals surface area (Å²) < 4.78 is 11.3. The molecule has 1 rings (SSSR count). The zero-order valence-corrected chi connectivity index (χ0v) is 52.0. The maximum Gasteiger partial charge on any atom is 0.220 e. The number of rotatable bonds is 62. The number of hydrogen-bond donors (Lipinski definition) is 6. The third kappa shape index (κ3) is 47.4. The summed E-state index contributed by atoms with van der Waals surface area (Å²) in [6.07, 6.45) is 68.9. The van der Waals surface area contributed by atoms with E-state index in [0.717, 1.165) is 38.5 Å². The molecule has 0 radical (unpaired) electrons. The van der Waals surface area contributed by atoms with Crippen LogP contribution in [-0.2, 0) is 14.3 Å². The van der Waals surface area contributed by atoms with E-state index in [1.807, 2.05) is 6.08 Å². The molecule has 1 fully saturated rings. The molecule has 0 aromatic carbocycles.